The van der Waals surface area contributed by atoms with Crippen LogP contribution in [0.15, 0.2) is 64.5 Å². The van der Waals surface area contributed by atoms with Gasteiger partial charge in [0, 0.05) is 36.5 Å². The Morgan fingerprint density at radius 2 is 1.88 bits per heavy atom. The molecule has 34 heavy (non-hydrogen) atoms. The summed E-state index contributed by atoms with van der Waals surface area (Å²) in [6.07, 6.45) is 6.58. The fraction of sp³-hybridized carbons (Fsp3) is 0.320. The fourth-order valence-electron chi connectivity index (χ4n) is 3.79. The molecular weight excluding hydrogens is 490 g/mol. The van der Waals surface area contributed by atoms with E-state index in [4.69, 9.17) is 16.2 Å². The van der Waals surface area contributed by atoms with Crippen LogP contribution in [0.5, 0.6) is 0 Å². The van der Waals surface area contributed by atoms with Crippen molar-refractivity contribution in [1.82, 2.24) is 9.47 Å². The number of rotatable bonds is 5. The highest BCUT2D eigenvalue weighted by Crippen LogP contribution is 2.26. The topological polar surface area (TPSA) is 66.4 Å². The molecule has 2 heterocycles. The van der Waals surface area contributed by atoms with E-state index in [1.54, 1.807) is 12.1 Å². The summed E-state index contributed by atoms with van der Waals surface area (Å²) in [6, 6.07) is 12.1. The van der Waals surface area contributed by atoms with E-state index in [2.05, 4.69) is 65.3 Å². The van der Waals surface area contributed by atoms with Gasteiger partial charge in [0.15, 0.2) is 11.0 Å². The second kappa shape index (κ2) is 11.4. The first kappa shape index (κ1) is 26.3. The first-order valence-corrected chi connectivity index (χ1v) is 13.9. The number of fused-ring (bicyclic) bond motifs is 1. The molecule has 0 amide bonds. The molecule has 4 rings (SSSR count). The Kier molecular flexibility index (Phi) is 8.87. The van der Waals surface area contributed by atoms with Crippen molar-refractivity contribution in [3.05, 3.63) is 76.1 Å². The molecule has 182 valence electrons. The number of thioether (sulfide) groups is 1. The zero-order chi connectivity index (χ0) is 24.9. The lowest BCUT2D eigenvalue weighted by Crippen LogP contribution is -2.35. The van der Waals surface area contributed by atoms with Crippen LogP contribution in [0.1, 0.15) is 25.2 Å². The van der Waals surface area contributed by atoms with Gasteiger partial charge >= 0.3 is 0 Å². The number of benzene rings is 2. The molecule has 1 aromatic heterocycles. The maximum atomic E-state index is 10.5. The Hall–Kier alpha value is -2.26. The average Bonchev–Trinajstić information content (AvgIpc) is 3.33. The number of aryl methyl sites for hydroxylation is 3. The summed E-state index contributed by atoms with van der Waals surface area (Å²) in [5.41, 5.74) is 3.39. The minimum atomic E-state index is -4.02. The molecule has 3 aromatic rings. The molecule has 6 nitrogen and oxygen atoms in total. The normalized spacial score (nSPS) is 15.4. The molecule has 1 aliphatic heterocycles. The molecule has 0 spiro atoms. The van der Waals surface area contributed by atoms with Gasteiger partial charge in [-0.2, -0.15) is 8.42 Å². The molecule has 1 aliphatic rings. The van der Waals surface area contributed by atoms with Crippen molar-refractivity contribution in [3.8, 4) is 0 Å². The van der Waals surface area contributed by atoms with Gasteiger partial charge in [-0.05, 0) is 51.1 Å². The van der Waals surface area contributed by atoms with Crippen LogP contribution in [0.2, 0.25) is 5.02 Å². The highest BCUT2D eigenvalue weighted by atomic mass is 35.5. The quantitative estimate of drug-likeness (QED) is 0.360. The van der Waals surface area contributed by atoms with Crippen LogP contribution < -0.4 is 4.57 Å². The Balaban J connectivity index is 0.000000248. The Morgan fingerprint density at radius 1 is 1.18 bits per heavy atom. The molecular formula is C25H31ClN3O3S2+. The van der Waals surface area contributed by atoms with Gasteiger partial charge in [0.05, 0.1) is 23.0 Å². The molecule has 9 heteroatoms. The largest absolute Gasteiger partial charge is 0.369 e. The third kappa shape index (κ3) is 6.24. The monoisotopic (exact) mass is 520 g/mol. The third-order valence-electron chi connectivity index (χ3n) is 5.56. The summed E-state index contributed by atoms with van der Waals surface area (Å²) in [6.45, 7) is 9.20. The Bertz CT molecular complexity index is 1310. The number of aromatic nitrogens is 2. The number of halogens is 1. The second-order valence-corrected chi connectivity index (χ2v) is 10.9. The third-order valence-corrected chi connectivity index (χ3v) is 7.79. The highest BCUT2D eigenvalue weighted by molar-refractivity contribution is 8.03. The van der Waals surface area contributed by atoms with E-state index in [0.717, 1.165) is 30.2 Å². The van der Waals surface area contributed by atoms with E-state index in [9.17, 15) is 8.42 Å². The van der Waals surface area contributed by atoms with Crippen LogP contribution in [0.4, 0.5) is 0 Å². The zero-order valence-electron chi connectivity index (χ0n) is 19.9. The van der Waals surface area contributed by atoms with Crippen LogP contribution in [0.3, 0.4) is 0 Å². The van der Waals surface area contributed by atoms with Crippen molar-refractivity contribution in [2.75, 3.05) is 19.3 Å². The lowest BCUT2D eigenvalue weighted by Gasteiger charge is -2.09. The molecule has 2 aromatic carbocycles. The molecule has 0 aliphatic carbocycles. The second-order valence-electron chi connectivity index (χ2n) is 7.90. The molecule has 0 atom stereocenters. The molecule has 1 saturated heterocycles. The molecule has 1 fully saturated rings. The van der Waals surface area contributed by atoms with Crippen LogP contribution in [-0.4, -0.2) is 41.8 Å². The summed E-state index contributed by atoms with van der Waals surface area (Å²) in [4.78, 5) is 2.24. The summed E-state index contributed by atoms with van der Waals surface area (Å²) in [5, 5.41) is 2.13. The predicted octanol–water partition coefficient (Wildman–Crippen LogP) is 5.40. The van der Waals surface area contributed by atoms with Crippen molar-refractivity contribution >= 4 is 50.6 Å². The SMILES string of the molecule is CCn1c(C=CC=C2SCCN2C)[n+](CC)c2ccc(Cl)cc21.Cc1ccc(S(=O)(=O)O)cc1. The molecule has 0 saturated carbocycles. The Labute approximate surface area is 211 Å². The number of nitrogens with zero attached hydrogens (tertiary/aromatic N) is 3. The minimum absolute atomic E-state index is 0.0666. The first-order chi connectivity index (χ1) is 16.2. The van der Waals surface area contributed by atoms with Gasteiger partial charge in [0.25, 0.3) is 15.9 Å². The van der Waals surface area contributed by atoms with E-state index in [-0.39, 0.29) is 4.90 Å². The van der Waals surface area contributed by atoms with Crippen molar-refractivity contribution in [3.63, 3.8) is 0 Å². The standard InChI is InChI=1S/C18H23ClN3S.C7H8O3S/c1-4-21-15-10-9-14(19)13-16(15)22(5-2)17(21)7-6-8-18-20(3)11-12-23-18;1-6-2-4-7(5-3-6)11(8,9)10/h6-10,13H,4-5,11-12H2,1-3H3;2-5H,1H3,(H,8,9,10)/q+1;. The first-order valence-electron chi connectivity index (χ1n) is 11.1. The van der Waals surface area contributed by atoms with Crippen LogP contribution in [-0.2, 0) is 23.2 Å². The van der Waals surface area contributed by atoms with Gasteiger partial charge in [-0.15, -0.1) is 11.8 Å². The van der Waals surface area contributed by atoms with Gasteiger partial charge in [0.2, 0.25) is 0 Å². The van der Waals surface area contributed by atoms with E-state index in [0.29, 0.717) is 0 Å². The van der Waals surface area contributed by atoms with Crippen LogP contribution in [0, 0.1) is 6.92 Å². The maximum Gasteiger partial charge on any atom is 0.294 e. The summed E-state index contributed by atoms with van der Waals surface area (Å²) >= 11 is 8.12. The van der Waals surface area contributed by atoms with Gasteiger partial charge in [-0.3, -0.25) is 4.55 Å². The maximum absolute atomic E-state index is 10.5. The van der Waals surface area contributed by atoms with Gasteiger partial charge in [-0.1, -0.05) is 35.4 Å². The Morgan fingerprint density at radius 3 is 2.44 bits per heavy atom. The molecule has 0 radical (unpaired) electrons. The number of allylic oxidation sites excluding steroid dienone is 2. The van der Waals surface area contributed by atoms with Crippen LogP contribution in [0.25, 0.3) is 17.1 Å². The van der Waals surface area contributed by atoms with E-state index < -0.39 is 10.1 Å². The van der Waals surface area contributed by atoms with Crippen LogP contribution >= 0.6 is 23.4 Å². The summed E-state index contributed by atoms with van der Waals surface area (Å²) in [7, 11) is -1.87. The highest BCUT2D eigenvalue weighted by Gasteiger charge is 2.21. The molecule has 1 N–H and O–H groups in total. The smallest absolute Gasteiger partial charge is 0.294 e. The summed E-state index contributed by atoms with van der Waals surface area (Å²) < 4.78 is 34.2. The molecule has 0 unspecified atom stereocenters. The number of hydrogen-bond acceptors (Lipinski definition) is 4. The average molecular weight is 521 g/mol. The predicted molar refractivity (Wildman–Crippen MR) is 142 cm³/mol. The lowest BCUT2D eigenvalue weighted by atomic mass is 10.2. The van der Waals surface area contributed by atoms with Gasteiger partial charge in [0.1, 0.15) is 0 Å². The van der Waals surface area contributed by atoms with E-state index in [1.807, 2.05) is 24.8 Å². The van der Waals surface area contributed by atoms with Crippen molar-refractivity contribution in [2.45, 2.75) is 38.8 Å². The van der Waals surface area contributed by atoms with Crippen molar-refractivity contribution < 1.29 is 17.5 Å². The molecule has 0 bridgehead atoms. The van der Waals surface area contributed by atoms with E-state index >= 15 is 0 Å². The summed E-state index contributed by atoms with van der Waals surface area (Å²) in [5.74, 6) is 2.40. The van der Waals surface area contributed by atoms with Crippen molar-refractivity contribution in [1.29, 1.82) is 0 Å². The fourth-order valence-corrected chi connectivity index (χ4v) is 5.49. The lowest BCUT2D eigenvalue weighted by molar-refractivity contribution is -0.670. The van der Waals surface area contributed by atoms with E-state index in [1.165, 1.54) is 39.8 Å². The minimum Gasteiger partial charge on any atom is -0.369 e. The van der Waals surface area contributed by atoms with Gasteiger partial charge < -0.3 is 4.90 Å². The zero-order valence-corrected chi connectivity index (χ0v) is 22.3. The number of hydrogen-bond donors (Lipinski definition) is 1. The van der Waals surface area contributed by atoms with Gasteiger partial charge in [-0.25, -0.2) is 9.13 Å². The number of imidazole rings is 1. The van der Waals surface area contributed by atoms with Crippen molar-refractivity contribution in [2.24, 2.45) is 0 Å².